The maximum Gasteiger partial charge on any atom is 0.137 e. The number of halogens is 1. The Morgan fingerprint density at radius 1 is 1.16 bits per heavy atom. The summed E-state index contributed by atoms with van der Waals surface area (Å²) in [7, 11) is 0. The fourth-order valence-corrected chi connectivity index (χ4v) is 2.32. The van der Waals surface area contributed by atoms with Crippen molar-refractivity contribution >= 4 is 15.9 Å². The molecule has 1 unspecified atom stereocenters. The van der Waals surface area contributed by atoms with E-state index in [1.54, 1.807) is 0 Å². The highest BCUT2D eigenvalue weighted by atomic mass is 79.9. The summed E-state index contributed by atoms with van der Waals surface area (Å²) in [4.78, 5) is 0. The molecule has 0 aliphatic heterocycles. The minimum absolute atomic E-state index is 0.334. The quantitative estimate of drug-likeness (QED) is 0.702. The van der Waals surface area contributed by atoms with Crippen molar-refractivity contribution in [2.24, 2.45) is 0 Å². The first-order chi connectivity index (χ1) is 9.13. The Bertz CT molecular complexity index is 472. The number of benzene rings is 1. The third-order valence-electron chi connectivity index (χ3n) is 2.78. The van der Waals surface area contributed by atoms with Crippen LogP contribution in [0.4, 0.5) is 0 Å². The Balaban J connectivity index is 3.12. The van der Waals surface area contributed by atoms with Gasteiger partial charge in [0.2, 0.25) is 0 Å². The summed E-state index contributed by atoms with van der Waals surface area (Å²) >= 11 is 3.55. The Morgan fingerprint density at radius 2 is 1.79 bits per heavy atom. The summed E-state index contributed by atoms with van der Waals surface area (Å²) in [5, 5.41) is 0. The normalized spacial score (nSPS) is 11.4. The molecule has 0 aliphatic rings. The van der Waals surface area contributed by atoms with Gasteiger partial charge in [-0.15, -0.1) is 11.8 Å². The summed E-state index contributed by atoms with van der Waals surface area (Å²) in [6.07, 6.45) is 0.830. The SMILES string of the molecule is CC#CCC(C)c1cc(Br)c(OCC)cc1OCC. The van der Waals surface area contributed by atoms with Crippen molar-refractivity contribution in [3.05, 3.63) is 22.2 Å². The molecule has 1 atom stereocenters. The number of hydrogen-bond donors (Lipinski definition) is 0. The number of ether oxygens (including phenoxy) is 2. The minimum atomic E-state index is 0.334. The molecule has 0 spiro atoms. The van der Waals surface area contributed by atoms with Crippen LogP contribution in [-0.4, -0.2) is 13.2 Å². The lowest BCUT2D eigenvalue weighted by Crippen LogP contribution is -2.02. The summed E-state index contributed by atoms with van der Waals surface area (Å²) in [6.45, 7) is 9.27. The lowest BCUT2D eigenvalue weighted by molar-refractivity contribution is 0.318. The van der Waals surface area contributed by atoms with Crippen molar-refractivity contribution in [2.45, 2.75) is 40.0 Å². The van der Waals surface area contributed by atoms with E-state index < -0.39 is 0 Å². The molecule has 0 radical (unpaired) electrons. The lowest BCUT2D eigenvalue weighted by Gasteiger charge is -2.17. The largest absolute Gasteiger partial charge is 0.493 e. The van der Waals surface area contributed by atoms with Gasteiger partial charge < -0.3 is 9.47 Å². The number of hydrogen-bond acceptors (Lipinski definition) is 2. The third-order valence-corrected chi connectivity index (χ3v) is 3.40. The van der Waals surface area contributed by atoms with E-state index in [-0.39, 0.29) is 0 Å². The van der Waals surface area contributed by atoms with Crippen LogP contribution in [0.25, 0.3) is 0 Å². The molecule has 0 saturated carbocycles. The fourth-order valence-electron chi connectivity index (χ4n) is 1.85. The first-order valence-electron chi connectivity index (χ1n) is 6.62. The smallest absolute Gasteiger partial charge is 0.137 e. The van der Waals surface area contributed by atoms with E-state index >= 15 is 0 Å². The molecule has 0 saturated heterocycles. The first-order valence-corrected chi connectivity index (χ1v) is 7.41. The van der Waals surface area contributed by atoms with Crippen molar-refractivity contribution in [1.82, 2.24) is 0 Å². The second kappa shape index (κ2) is 8.12. The molecule has 1 rings (SSSR count). The van der Waals surface area contributed by atoms with Crippen molar-refractivity contribution in [3.8, 4) is 23.3 Å². The Morgan fingerprint density at radius 3 is 2.37 bits per heavy atom. The van der Waals surface area contributed by atoms with Gasteiger partial charge in [-0.2, -0.15) is 0 Å². The minimum Gasteiger partial charge on any atom is -0.493 e. The second-order valence-electron chi connectivity index (χ2n) is 4.22. The van der Waals surface area contributed by atoms with Gasteiger partial charge in [-0.3, -0.25) is 0 Å². The molecule has 19 heavy (non-hydrogen) atoms. The molecule has 104 valence electrons. The van der Waals surface area contributed by atoms with Crippen molar-refractivity contribution in [1.29, 1.82) is 0 Å². The highest BCUT2D eigenvalue weighted by Gasteiger charge is 2.15. The predicted octanol–water partition coefficient (Wildman–Crippen LogP) is 4.76. The zero-order chi connectivity index (χ0) is 14.3. The molecule has 0 heterocycles. The zero-order valence-electron chi connectivity index (χ0n) is 12.0. The van der Waals surface area contributed by atoms with Crippen LogP contribution in [0.15, 0.2) is 16.6 Å². The highest BCUT2D eigenvalue weighted by Crippen LogP contribution is 2.37. The van der Waals surface area contributed by atoms with Gasteiger partial charge in [0.15, 0.2) is 0 Å². The summed E-state index contributed by atoms with van der Waals surface area (Å²) in [6, 6.07) is 4.04. The van der Waals surface area contributed by atoms with Gasteiger partial charge in [0.1, 0.15) is 11.5 Å². The van der Waals surface area contributed by atoms with Crippen LogP contribution in [0.5, 0.6) is 11.5 Å². The van der Waals surface area contributed by atoms with Crippen LogP contribution in [0.2, 0.25) is 0 Å². The molecular weight excluding hydrogens is 304 g/mol. The van der Waals surface area contributed by atoms with Crippen molar-refractivity contribution in [3.63, 3.8) is 0 Å². The van der Waals surface area contributed by atoms with Gasteiger partial charge in [0, 0.05) is 12.5 Å². The lowest BCUT2D eigenvalue weighted by atomic mass is 9.97. The van der Waals surface area contributed by atoms with Gasteiger partial charge in [-0.1, -0.05) is 6.92 Å². The third kappa shape index (κ3) is 4.47. The van der Waals surface area contributed by atoms with E-state index in [0.29, 0.717) is 19.1 Å². The van der Waals surface area contributed by atoms with Gasteiger partial charge in [-0.05, 0) is 54.2 Å². The molecule has 3 heteroatoms. The average Bonchev–Trinajstić information content (AvgIpc) is 2.40. The molecular formula is C16H21BrO2. The van der Waals surface area contributed by atoms with Crippen LogP contribution in [0, 0.1) is 11.8 Å². The Hall–Kier alpha value is -1.14. The fraction of sp³-hybridized carbons (Fsp3) is 0.500. The van der Waals surface area contributed by atoms with E-state index in [2.05, 4.69) is 40.8 Å². The Kier molecular flexibility index (Phi) is 6.80. The van der Waals surface area contributed by atoms with Crippen LogP contribution in [0.1, 0.15) is 45.6 Å². The van der Waals surface area contributed by atoms with E-state index in [1.165, 1.54) is 5.56 Å². The molecule has 0 aromatic heterocycles. The molecule has 1 aromatic rings. The molecule has 0 fully saturated rings. The van der Waals surface area contributed by atoms with E-state index in [1.807, 2.05) is 26.8 Å². The highest BCUT2D eigenvalue weighted by molar-refractivity contribution is 9.10. The molecule has 0 N–H and O–H groups in total. The summed E-state index contributed by atoms with van der Waals surface area (Å²) in [5.41, 5.74) is 1.17. The summed E-state index contributed by atoms with van der Waals surface area (Å²) in [5.74, 6) is 8.11. The predicted molar refractivity (Wildman–Crippen MR) is 83.0 cm³/mol. The molecule has 2 nitrogen and oxygen atoms in total. The van der Waals surface area contributed by atoms with E-state index in [9.17, 15) is 0 Å². The van der Waals surface area contributed by atoms with Crippen LogP contribution >= 0.6 is 15.9 Å². The van der Waals surface area contributed by atoms with E-state index in [0.717, 1.165) is 22.4 Å². The molecule has 0 aliphatic carbocycles. The topological polar surface area (TPSA) is 18.5 Å². The monoisotopic (exact) mass is 324 g/mol. The van der Waals surface area contributed by atoms with Gasteiger partial charge >= 0.3 is 0 Å². The maximum atomic E-state index is 5.73. The van der Waals surface area contributed by atoms with Gasteiger partial charge in [-0.25, -0.2) is 0 Å². The van der Waals surface area contributed by atoms with Crippen LogP contribution in [-0.2, 0) is 0 Å². The average molecular weight is 325 g/mol. The van der Waals surface area contributed by atoms with Crippen molar-refractivity contribution < 1.29 is 9.47 Å². The summed E-state index contributed by atoms with van der Waals surface area (Å²) < 4.78 is 12.3. The molecule has 0 bridgehead atoms. The molecule has 1 aromatic carbocycles. The van der Waals surface area contributed by atoms with Gasteiger partial charge in [0.25, 0.3) is 0 Å². The van der Waals surface area contributed by atoms with E-state index in [4.69, 9.17) is 9.47 Å². The van der Waals surface area contributed by atoms with Crippen molar-refractivity contribution in [2.75, 3.05) is 13.2 Å². The maximum absolute atomic E-state index is 5.73. The second-order valence-corrected chi connectivity index (χ2v) is 5.07. The molecule has 0 amide bonds. The Labute approximate surface area is 124 Å². The number of rotatable bonds is 6. The standard InChI is InChI=1S/C16H21BrO2/c1-5-8-9-12(4)13-10-14(17)16(19-7-3)11-15(13)18-6-2/h10-12H,6-7,9H2,1-4H3. The van der Waals surface area contributed by atoms with Crippen LogP contribution in [0.3, 0.4) is 0 Å². The van der Waals surface area contributed by atoms with Crippen LogP contribution < -0.4 is 9.47 Å². The van der Waals surface area contributed by atoms with Gasteiger partial charge in [0.05, 0.1) is 17.7 Å². The first kappa shape index (κ1) is 15.9. The zero-order valence-corrected chi connectivity index (χ0v) is 13.6.